The summed E-state index contributed by atoms with van der Waals surface area (Å²) in [5.74, 6) is 1.31. The number of imidazole rings is 1. The molecule has 1 aromatic heterocycles. The third-order valence-electron chi connectivity index (χ3n) is 5.62. The van der Waals surface area contributed by atoms with Crippen molar-refractivity contribution in [2.24, 2.45) is 5.92 Å². The number of urea groups is 1. The summed E-state index contributed by atoms with van der Waals surface area (Å²) < 4.78 is 7.34. The van der Waals surface area contributed by atoms with Gasteiger partial charge in [0.25, 0.3) is 0 Å². The highest BCUT2D eigenvalue weighted by atomic mass is 16.5. The number of nitrogens with zero attached hydrogens (tertiary/aromatic N) is 3. The number of hydrogen-bond donors (Lipinski definition) is 2. The van der Waals surface area contributed by atoms with E-state index < -0.39 is 0 Å². The van der Waals surface area contributed by atoms with Crippen LogP contribution < -0.4 is 20.3 Å². The Balaban J connectivity index is 1.20. The number of nitrogens with one attached hydrogen (secondary N) is 2. The SMILES string of the molecule is COc1cccc(N2CCC(CNC(=O)NCc3cccc(Cn4ccnc4)c3)C2)c1. The first kappa shape index (κ1) is 20.8. The van der Waals surface area contributed by atoms with Crippen molar-refractivity contribution >= 4 is 11.7 Å². The van der Waals surface area contributed by atoms with E-state index in [0.29, 0.717) is 19.0 Å². The second-order valence-electron chi connectivity index (χ2n) is 7.92. The van der Waals surface area contributed by atoms with Gasteiger partial charge in [-0.2, -0.15) is 0 Å². The monoisotopic (exact) mass is 419 g/mol. The maximum absolute atomic E-state index is 12.3. The Hall–Kier alpha value is -3.48. The summed E-state index contributed by atoms with van der Waals surface area (Å²) in [6.07, 6.45) is 6.58. The highest BCUT2D eigenvalue weighted by molar-refractivity contribution is 5.73. The van der Waals surface area contributed by atoms with E-state index in [1.54, 1.807) is 19.6 Å². The van der Waals surface area contributed by atoms with Crippen LogP contribution in [0.15, 0.2) is 67.3 Å². The van der Waals surface area contributed by atoms with Gasteiger partial charge in [-0.1, -0.05) is 30.3 Å². The summed E-state index contributed by atoms with van der Waals surface area (Å²) in [4.78, 5) is 18.7. The van der Waals surface area contributed by atoms with E-state index in [1.165, 1.54) is 11.3 Å². The predicted octanol–water partition coefficient (Wildman–Crippen LogP) is 3.27. The van der Waals surface area contributed by atoms with Crippen molar-refractivity contribution < 1.29 is 9.53 Å². The molecule has 1 aliphatic heterocycles. The van der Waals surface area contributed by atoms with Gasteiger partial charge in [0.2, 0.25) is 0 Å². The second-order valence-corrected chi connectivity index (χ2v) is 7.92. The lowest BCUT2D eigenvalue weighted by Gasteiger charge is -2.19. The van der Waals surface area contributed by atoms with Crippen molar-refractivity contribution in [1.29, 1.82) is 0 Å². The summed E-state index contributed by atoms with van der Waals surface area (Å²) in [5, 5.41) is 5.99. The van der Waals surface area contributed by atoms with Crippen LogP contribution in [0.4, 0.5) is 10.5 Å². The second kappa shape index (κ2) is 10.0. The molecule has 0 saturated carbocycles. The first-order valence-electron chi connectivity index (χ1n) is 10.6. The Morgan fingerprint density at radius 2 is 2.03 bits per heavy atom. The molecule has 2 N–H and O–H groups in total. The van der Waals surface area contributed by atoms with Gasteiger partial charge in [-0.3, -0.25) is 0 Å². The number of benzene rings is 2. The van der Waals surface area contributed by atoms with E-state index in [9.17, 15) is 4.79 Å². The Morgan fingerprint density at radius 3 is 2.87 bits per heavy atom. The molecule has 1 atom stereocenters. The van der Waals surface area contributed by atoms with Crippen LogP contribution >= 0.6 is 0 Å². The average molecular weight is 420 g/mol. The molecule has 0 radical (unpaired) electrons. The zero-order valence-electron chi connectivity index (χ0n) is 17.8. The van der Waals surface area contributed by atoms with Crippen LogP contribution in [-0.2, 0) is 13.1 Å². The van der Waals surface area contributed by atoms with E-state index in [-0.39, 0.29) is 6.03 Å². The fourth-order valence-corrected chi connectivity index (χ4v) is 3.95. The Labute approximate surface area is 183 Å². The number of carbonyl (C=O) groups excluding carboxylic acids is 1. The Morgan fingerprint density at radius 1 is 1.16 bits per heavy atom. The van der Waals surface area contributed by atoms with Crippen LogP contribution in [0.1, 0.15) is 17.5 Å². The highest BCUT2D eigenvalue weighted by Crippen LogP contribution is 2.26. The van der Waals surface area contributed by atoms with E-state index in [4.69, 9.17) is 4.74 Å². The van der Waals surface area contributed by atoms with Crippen LogP contribution in [0.3, 0.4) is 0 Å². The van der Waals surface area contributed by atoms with Gasteiger partial charge in [0.05, 0.1) is 13.4 Å². The molecule has 3 aromatic rings. The Kier molecular flexibility index (Phi) is 6.72. The maximum Gasteiger partial charge on any atom is 0.315 e. The lowest BCUT2D eigenvalue weighted by atomic mass is 10.1. The van der Waals surface area contributed by atoms with Crippen LogP contribution in [0.5, 0.6) is 5.75 Å². The van der Waals surface area contributed by atoms with Gasteiger partial charge in [0, 0.05) is 56.9 Å². The van der Waals surface area contributed by atoms with Gasteiger partial charge in [0.15, 0.2) is 0 Å². The summed E-state index contributed by atoms with van der Waals surface area (Å²) >= 11 is 0. The molecular formula is C24H29N5O2. The molecule has 1 unspecified atom stereocenters. The van der Waals surface area contributed by atoms with Crippen LogP contribution in [0, 0.1) is 5.92 Å². The quantitative estimate of drug-likeness (QED) is 0.588. The van der Waals surface area contributed by atoms with E-state index in [1.807, 2.05) is 35.0 Å². The molecular weight excluding hydrogens is 390 g/mol. The molecule has 0 spiro atoms. The molecule has 0 bridgehead atoms. The molecule has 31 heavy (non-hydrogen) atoms. The molecule has 7 heteroatoms. The fourth-order valence-electron chi connectivity index (χ4n) is 3.95. The van der Waals surface area contributed by atoms with Gasteiger partial charge in [-0.05, 0) is 35.6 Å². The number of carbonyl (C=O) groups is 1. The van der Waals surface area contributed by atoms with Crippen molar-refractivity contribution in [3.63, 3.8) is 0 Å². The molecule has 4 rings (SSSR count). The molecule has 162 valence electrons. The number of ether oxygens (including phenoxy) is 1. The van der Waals surface area contributed by atoms with Gasteiger partial charge in [0.1, 0.15) is 5.75 Å². The number of methoxy groups -OCH3 is 1. The van der Waals surface area contributed by atoms with E-state index in [0.717, 1.165) is 37.4 Å². The summed E-state index contributed by atoms with van der Waals surface area (Å²) in [5.41, 5.74) is 3.43. The number of rotatable bonds is 8. The van der Waals surface area contributed by atoms with Crippen molar-refractivity contribution in [3.8, 4) is 5.75 Å². The molecule has 0 aliphatic carbocycles. The molecule has 2 amide bonds. The standard InChI is InChI=1S/C24H29N5O2/c1-31-23-7-3-6-22(13-23)29-10-8-21(17-29)15-27-24(30)26-14-19-4-2-5-20(12-19)16-28-11-9-25-18-28/h2-7,9,11-13,18,21H,8,10,14-17H2,1H3,(H2,26,27,30). The first-order valence-corrected chi connectivity index (χ1v) is 10.6. The topological polar surface area (TPSA) is 71.4 Å². The highest BCUT2D eigenvalue weighted by Gasteiger charge is 2.23. The number of aromatic nitrogens is 2. The largest absolute Gasteiger partial charge is 0.497 e. The maximum atomic E-state index is 12.3. The molecule has 1 saturated heterocycles. The summed E-state index contributed by atoms with van der Waals surface area (Å²) in [6.45, 7) is 3.87. The van der Waals surface area contributed by atoms with Crippen LogP contribution in [0.25, 0.3) is 0 Å². The fraction of sp³-hybridized carbons (Fsp3) is 0.333. The molecule has 1 fully saturated rings. The first-order chi connectivity index (χ1) is 15.2. The van der Waals surface area contributed by atoms with Crippen LogP contribution in [0.2, 0.25) is 0 Å². The summed E-state index contributed by atoms with van der Waals surface area (Å²) in [6, 6.07) is 16.2. The normalized spacial score (nSPS) is 15.6. The van der Waals surface area contributed by atoms with E-state index in [2.05, 4.69) is 44.8 Å². The number of amides is 2. The zero-order valence-corrected chi connectivity index (χ0v) is 17.8. The van der Waals surface area contributed by atoms with Gasteiger partial charge < -0.3 is 24.8 Å². The predicted molar refractivity (Wildman–Crippen MR) is 121 cm³/mol. The van der Waals surface area contributed by atoms with Crippen molar-refractivity contribution in [1.82, 2.24) is 20.2 Å². The van der Waals surface area contributed by atoms with E-state index >= 15 is 0 Å². The molecule has 1 aliphatic rings. The number of hydrogen-bond acceptors (Lipinski definition) is 4. The average Bonchev–Trinajstić information content (AvgIpc) is 3.49. The molecule has 2 heterocycles. The smallest absolute Gasteiger partial charge is 0.315 e. The van der Waals surface area contributed by atoms with Crippen molar-refractivity contribution in [3.05, 3.63) is 78.4 Å². The summed E-state index contributed by atoms with van der Waals surface area (Å²) in [7, 11) is 1.68. The third kappa shape index (κ3) is 5.78. The van der Waals surface area contributed by atoms with Gasteiger partial charge >= 0.3 is 6.03 Å². The van der Waals surface area contributed by atoms with Crippen LogP contribution in [-0.4, -0.2) is 42.3 Å². The molecule has 2 aromatic carbocycles. The minimum Gasteiger partial charge on any atom is -0.497 e. The van der Waals surface area contributed by atoms with Crippen molar-refractivity contribution in [2.45, 2.75) is 19.5 Å². The number of anilines is 1. The zero-order chi connectivity index (χ0) is 21.5. The lowest BCUT2D eigenvalue weighted by molar-refractivity contribution is 0.239. The third-order valence-corrected chi connectivity index (χ3v) is 5.62. The van der Waals surface area contributed by atoms with Crippen molar-refractivity contribution in [2.75, 3.05) is 31.6 Å². The van der Waals surface area contributed by atoms with Gasteiger partial charge in [-0.25, -0.2) is 9.78 Å². The molecule has 7 nitrogen and oxygen atoms in total. The lowest BCUT2D eigenvalue weighted by Crippen LogP contribution is -2.38. The minimum atomic E-state index is -0.125. The minimum absolute atomic E-state index is 0.125. The Bertz CT molecular complexity index is 989. The van der Waals surface area contributed by atoms with Gasteiger partial charge in [-0.15, -0.1) is 0 Å².